The molecule has 0 atom stereocenters. The third kappa shape index (κ3) is 5.57. The number of nitrogens with one attached hydrogen (secondary N) is 1. The first-order valence-corrected chi connectivity index (χ1v) is 6.35. The van der Waals surface area contributed by atoms with Crippen molar-refractivity contribution < 1.29 is 14.3 Å². The van der Waals surface area contributed by atoms with Crippen LogP contribution in [-0.2, 0) is 16.1 Å². The minimum absolute atomic E-state index is 0.292. The highest BCUT2D eigenvalue weighted by molar-refractivity contribution is 5.87. The van der Waals surface area contributed by atoms with Gasteiger partial charge < -0.3 is 14.8 Å². The molecule has 0 amide bonds. The van der Waals surface area contributed by atoms with Crippen LogP contribution in [-0.4, -0.2) is 26.2 Å². The van der Waals surface area contributed by atoms with Gasteiger partial charge in [-0.05, 0) is 31.5 Å². The number of hydrogen-bond acceptors (Lipinski definition) is 4. The van der Waals surface area contributed by atoms with Gasteiger partial charge in [-0.2, -0.15) is 0 Å². The second kappa shape index (κ2) is 8.32. The fourth-order valence-corrected chi connectivity index (χ4v) is 1.60. The van der Waals surface area contributed by atoms with Crippen LogP contribution < -0.4 is 10.1 Å². The molecule has 0 fully saturated rings. The van der Waals surface area contributed by atoms with Crippen molar-refractivity contribution in [2.24, 2.45) is 0 Å². The Hall–Kier alpha value is -1.81. The Morgan fingerprint density at radius 3 is 2.89 bits per heavy atom. The number of methoxy groups -OCH3 is 1. The first kappa shape index (κ1) is 15.2. The molecular formula is C15H21NO3. The van der Waals surface area contributed by atoms with Crippen LogP contribution in [0.4, 0.5) is 0 Å². The Morgan fingerprint density at radius 1 is 1.42 bits per heavy atom. The molecule has 0 unspecified atom stereocenters. The van der Waals surface area contributed by atoms with Crippen molar-refractivity contribution in [3.05, 3.63) is 41.5 Å². The van der Waals surface area contributed by atoms with Gasteiger partial charge in [0.05, 0.1) is 13.7 Å². The highest BCUT2D eigenvalue weighted by atomic mass is 16.5. The third-order valence-electron chi connectivity index (χ3n) is 2.60. The highest BCUT2D eigenvalue weighted by Crippen LogP contribution is 2.12. The predicted octanol–water partition coefficient (Wildman–Crippen LogP) is 2.29. The lowest BCUT2D eigenvalue weighted by Gasteiger charge is -2.06. The third-order valence-corrected chi connectivity index (χ3v) is 2.60. The molecule has 0 saturated carbocycles. The topological polar surface area (TPSA) is 47.6 Å². The summed E-state index contributed by atoms with van der Waals surface area (Å²) >= 11 is 0. The molecule has 0 aromatic heterocycles. The van der Waals surface area contributed by atoms with Crippen LogP contribution in [0.2, 0.25) is 0 Å². The largest absolute Gasteiger partial charge is 0.494 e. The molecule has 1 aromatic carbocycles. The second-order valence-corrected chi connectivity index (χ2v) is 4.09. The molecule has 0 radical (unpaired) electrons. The molecule has 0 bridgehead atoms. The summed E-state index contributed by atoms with van der Waals surface area (Å²) in [5.74, 6) is 0.586. The standard InChI is InChI=1S/C15H21NO3/c1-4-19-14-7-5-6-13(10-14)11-16-9-8-12(2)15(17)18-3/h5-8,10,16H,4,9,11H2,1-3H3/b12-8-. The maximum Gasteiger partial charge on any atom is 0.333 e. The predicted molar refractivity (Wildman–Crippen MR) is 75.1 cm³/mol. The molecule has 19 heavy (non-hydrogen) atoms. The smallest absolute Gasteiger partial charge is 0.333 e. The fourth-order valence-electron chi connectivity index (χ4n) is 1.60. The molecule has 0 spiro atoms. The molecule has 0 heterocycles. The van der Waals surface area contributed by atoms with Gasteiger partial charge in [0.25, 0.3) is 0 Å². The summed E-state index contributed by atoms with van der Waals surface area (Å²) in [5.41, 5.74) is 1.76. The highest BCUT2D eigenvalue weighted by Gasteiger charge is 2.01. The summed E-state index contributed by atoms with van der Waals surface area (Å²) in [6, 6.07) is 7.95. The normalized spacial score (nSPS) is 11.2. The van der Waals surface area contributed by atoms with Gasteiger partial charge in [0.15, 0.2) is 0 Å². The minimum Gasteiger partial charge on any atom is -0.494 e. The van der Waals surface area contributed by atoms with E-state index in [0.717, 1.165) is 17.9 Å². The Balaban J connectivity index is 2.41. The molecule has 0 saturated heterocycles. The monoisotopic (exact) mass is 263 g/mol. The number of rotatable bonds is 7. The minimum atomic E-state index is -0.292. The SMILES string of the molecule is CCOc1cccc(CNC/C=C(/C)C(=O)OC)c1. The number of hydrogen-bond donors (Lipinski definition) is 1. The zero-order valence-corrected chi connectivity index (χ0v) is 11.7. The molecule has 4 heteroatoms. The average Bonchev–Trinajstić information content (AvgIpc) is 2.43. The van der Waals surface area contributed by atoms with Gasteiger partial charge in [0, 0.05) is 18.7 Å². The van der Waals surface area contributed by atoms with Gasteiger partial charge >= 0.3 is 5.97 Å². The summed E-state index contributed by atoms with van der Waals surface area (Å²) in [7, 11) is 1.38. The van der Waals surface area contributed by atoms with E-state index in [4.69, 9.17) is 4.74 Å². The molecule has 0 aliphatic rings. The van der Waals surface area contributed by atoms with Crippen molar-refractivity contribution in [2.75, 3.05) is 20.3 Å². The van der Waals surface area contributed by atoms with Gasteiger partial charge in [0.1, 0.15) is 5.75 Å². The van der Waals surface area contributed by atoms with E-state index in [1.165, 1.54) is 7.11 Å². The Morgan fingerprint density at radius 2 is 2.21 bits per heavy atom. The van der Waals surface area contributed by atoms with E-state index in [0.29, 0.717) is 18.7 Å². The van der Waals surface area contributed by atoms with Crippen molar-refractivity contribution >= 4 is 5.97 Å². The molecule has 1 aromatic rings. The lowest BCUT2D eigenvalue weighted by molar-refractivity contribution is -0.136. The van der Waals surface area contributed by atoms with Crippen molar-refractivity contribution in [3.63, 3.8) is 0 Å². The molecule has 4 nitrogen and oxygen atoms in total. The Kier molecular flexibility index (Phi) is 6.68. The van der Waals surface area contributed by atoms with E-state index in [-0.39, 0.29) is 5.97 Å². The average molecular weight is 263 g/mol. The fraction of sp³-hybridized carbons (Fsp3) is 0.400. The number of ether oxygens (including phenoxy) is 2. The second-order valence-electron chi connectivity index (χ2n) is 4.09. The van der Waals surface area contributed by atoms with E-state index >= 15 is 0 Å². The van der Waals surface area contributed by atoms with Crippen LogP contribution in [0.15, 0.2) is 35.9 Å². The molecule has 1 rings (SSSR count). The van der Waals surface area contributed by atoms with Crippen LogP contribution in [0, 0.1) is 0 Å². The number of esters is 1. The maximum absolute atomic E-state index is 11.2. The quantitative estimate of drug-likeness (QED) is 0.466. The van der Waals surface area contributed by atoms with Crippen molar-refractivity contribution in [2.45, 2.75) is 20.4 Å². The zero-order valence-electron chi connectivity index (χ0n) is 11.7. The van der Waals surface area contributed by atoms with Crippen LogP contribution in [0.1, 0.15) is 19.4 Å². The lowest BCUT2D eigenvalue weighted by Crippen LogP contribution is -2.14. The van der Waals surface area contributed by atoms with Gasteiger partial charge in [0.2, 0.25) is 0 Å². The number of carbonyl (C=O) groups excluding carboxylic acids is 1. The Labute approximate surface area is 114 Å². The van der Waals surface area contributed by atoms with E-state index < -0.39 is 0 Å². The van der Waals surface area contributed by atoms with Gasteiger partial charge in [-0.3, -0.25) is 0 Å². The number of benzene rings is 1. The van der Waals surface area contributed by atoms with Crippen molar-refractivity contribution in [1.82, 2.24) is 5.32 Å². The van der Waals surface area contributed by atoms with Gasteiger partial charge in [-0.15, -0.1) is 0 Å². The van der Waals surface area contributed by atoms with E-state index in [1.807, 2.05) is 37.3 Å². The van der Waals surface area contributed by atoms with Gasteiger partial charge in [-0.1, -0.05) is 18.2 Å². The van der Waals surface area contributed by atoms with Crippen LogP contribution in [0.25, 0.3) is 0 Å². The summed E-state index contributed by atoms with van der Waals surface area (Å²) in [4.78, 5) is 11.2. The first-order valence-electron chi connectivity index (χ1n) is 6.35. The summed E-state index contributed by atoms with van der Waals surface area (Å²) in [6.07, 6.45) is 1.82. The summed E-state index contributed by atoms with van der Waals surface area (Å²) in [5, 5.41) is 3.24. The van der Waals surface area contributed by atoms with Crippen LogP contribution in [0.3, 0.4) is 0 Å². The molecular weight excluding hydrogens is 242 g/mol. The zero-order chi connectivity index (χ0) is 14.1. The van der Waals surface area contributed by atoms with E-state index in [2.05, 4.69) is 10.1 Å². The summed E-state index contributed by atoms with van der Waals surface area (Å²) in [6.45, 7) is 5.72. The molecule has 0 aliphatic heterocycles. The van der Waals surface area contributed by atoms with Crippen molar-refractivity contribution in [3.8, 4) is 5.75 Å². The van der Waals surface area contributed by atoms with Crippen LogP contribution >= 0.6 is 0 Å². The van der Waals surface area contributed by atoms with E-state index in [9.17, 15) is 4.79 Å². The lowest BCUT2D eigenvalue weighted by atomic mass is 10.2. The molecule has 0 aliphatic carbocycles. The van der Waals surface area contributed by atoms with Crippen LogP contribution in [0.5, 0.6) is 5.75 Å². The maximum atomic E-state index is 11.2. The Bertz CT molecular complexity index is 441. The first-order chi connectivity index (χ1) is 9.17. The summed E-state index contributed by atoms with van der Waals surface area (Å²) < 4.78 is 10.1. The van der Waals surface area contributed by atoms with Crippen molar-refractivity contribution in [1.29, 1.82) is 0 Å². The van der Waals surface area contributed by atoms with E-state index in [1.54, 1.807) is 6.92 Å². The molecule has 104 valence electrons. The number of carbonyl (C=O) groups is 1. The molecule has 1 N–H and O–H groups in total. The van der Waals surface area contributed by atoms with Gasteiger partial charge in [-0.25, -0.2) is 4.79 Å².